The molecule has 1 N–H and O–H groups in total. The Morgan fingerprint density at radius 2 is 1.90 bits per heavy atom. The molecule has 0 saturated carbocycles. The number of hydrogen-bond acceptors (Lipinski definition) is 4. The predicted octanol–water partition coefficient (Wildman–Crippen LogP) is 3.26. The average Bonchev–Trinajstić information content (AvgIpc) is 3.43. The third kappa shape index (κ3) is 4.24. The molecule has 0 unspecified atom stereocenters. The van der Waals surface area contributed by atoms with Crippen LogP contribution in [0.15, 0.2) is 54.0 Å². The van der Waals surface area contributed by atoms with E-state index in [-0.39, 0.29) is 17.7 Å². The largest absolute Gasteiger partial charge is 0.359 e. The standard InChI is InChI=1S/C22H24N4O2S/c1-23-21(27)17-9-11-25(12-10-17)22(28)18-15-26(14-16-6-3-2-4-7-16)24-20(18)19-8-5-13-29-19/h2-8,13,15,17H,9-12,14H2,1H3,(H,23,27). The summed E-state index contributed by atoms with van der Waals surface area (Å²) in [5, 5.41) is 9.44. The summed E-state index contributed by atoms with van der Waals surface area (Å²) < 4.78 is 1.84. The number of amides is 2. The average molecular weight is 409 g/mol. The van der Waals surface area contributed by atoms with E-state index in [4.69, 9.17) is 5.10 Å². The lowest BCUT2D eigenvalue weighted by molar-refractivity contribution is -0.125. The molecule has 1 fully saturated rings. The molecule has 1 aliphatic heterocycles. The number of carbonyl (C=O) groups is 2. The van der Waals surface area contributed by atoms with Crippen LogP contribution in [-0.2, 0) is 11.3 Å². The number of hydrogen-bond donors (Lipinski definition) is 1. The van der Waals surface area contributed by atoms with E-state index in [1.807, 2.05) is 51.5 Å². The summed E-state index contributed by atoms with van der Waals surface area (Å²) in [6.45, 7) is 1.79. The van der Waals surface area contributed by atoms with E-state index >= 15 is 0 Å². The van der Waals surface area contributed by atoms with E-state index < -0.39 is 0 Å². The molecule has 0 spiro atoms. The summed E-state index contributed by atoms with van der Waals surface area (Å²) in [7, 11) is 1.66. The molecule has 0 atom stereocenters. The third-order valence-electron chi connectivity index (χ3n) is 5.33. The lowest BCUT2D eigenvalue weighted by Gasteiger charge is -2.31. The number of carbonyl (C=O) groups excluding carboxylic acids is 2. The Morgan fingerprint density at radius 1 is 1.14 bits per heavy atom. The van der Waals surface area contributed by atoms with Crippen LogP contribution in [0.25, 0.3) is 10.6 Å². The fraction of sp³-hybridized carbons (Fsp3) is 0.318. The number of likely N-dealkylation sites (tertiary alicyclic amines) is 1. The maximum absolute atomic E-state index is 13.3. The minimum absolute atomic E-state index is 0.0110. The predicted molar refractivity (Wildman–Crippen MR) is 114 cm³/mol. The highest BCUT2D eigenvalue weighted by Crippen LogP contribution is 2.29. The van der Waals surface area contributed by atoms with E-state index in [1.54, 1.807) is 18.4 Å². The molecule has 2 aromatic heterocycles. The molecule has 1 saturated heterocycles. The van der Waals surface area contributed by atoms with Gasteiger partial charge in [-0.25, -0.2) is 0 Å². The van der Waals surface area contributed by atoms with Gasteiger partial charge < -0.3 is 10.2 Å². The zero-order valence-corrected chi connectivity index (χ0v) is 17.2. The number of rotatable bonds is 5. The topological polar surface area (TPSA) is 67.2 Å². The number of aromatic nitrogens is 2. The molecule has 2 amide bonds. The van der Waals surface area contributed by atoms with Crippen LogP contribution in [0.2, 0.25) is 0 Å². The van der Waals surface area contributed by atoms with Crippen LogP contribution in [-0.4, -0.2) is 46.6 Å². The maximum atomic E-state index is 13.3. The molecule has 0 bridgehead atoms. The van der Waals surface area contributed by atoms with Crippen LogP contribution in [0.1, 0.15) is 28.8 Å². The quantitative estimate of drug-likeness (QED) is 0.705. The molecule has 1 aromatic carbocycles. The normalized spacial score (nSPS) is 14.7. The van der Waals surface area contributed by atoms with Crippen molar-refractivity contribution in [2.75, 3.05) is 20.1 Å². The summed E-state index contributed by atoms with van der Waals surface area (Å²) >= 11 is 1.58. The van der Waals surface area contributed by atoms with E-state index in [9.17, 15) is 9.59 Å². The SMILES string of the molecule is CNC(=O)C1CCN(C(=O)c2cn(Cc3ccccc3)nc2-c2cccs2)CC1. The Kier molecular flexibility index (Phi) is 5.76. The molecular formula is C22H24N4O2S. The summed E-state index contributed by atoms with van der Waals surface area (Å²) in [5.74, 6) is 0.0387. The van der Waals surface area contributed by atoms with Gasteiger partial charge in [0.2, 0.25) is 5.91 Å². The van der Waals surface area contributed by atoms with Crippen molar-refractivity contribution in [3.05, 3.63) is 65.2 Å². The fourth-order valence-corrected chi connectivity index (χ4v) is 4.47. The second-order valence-corrected chi connectivity index (χ2v) is 8.18. The lowest BCUT2D eigenvalue weighted by atomic mass is 9.95. The van der Waals surface area contributed by atoms with Gasteiger partial charge in [-0.05, 0) is 29.9 Å². The minimum atomic E-state index is -0.0124. The van der Waals surface area contributed by atoms with Crippen molar-refractivity contribution in [1.82, 2.24) is 20.0 Å². The number of nitrogens with one attached hydrogen (secondary N) is 1. The van der Waals surface area contributed by atoms with Gasteiger partial charge in [0, 0.05) is 32.3 Å². The Morgan fingerprint density at radius 3 is 2.55 bits per heavy atom. The van der Waals surface area contributed by atoms with Gasteiger partial charge in [-0.1, -0.05) is 36.4 Å². The van der Waals surface area contributed by atoms with Crippen molar-refractivity contribution in [2.45, 2.75) is 19.4 Å². The monoisotopic (exact) mass is 408 g/mol. The number of piperidine rings is 1. The van der Waals surface area contributed by atoms with Gasteiger partial charge in [0.15, 0.2) is 0 Å². The molecule has 0 aliphatic carbocycles. The molecule has 3 aromatic rings. The highest BCUT2D eigenvalue weighted by molar-refractivity contribution is 7.13. The molecule has 3 heterocycles. The first-order valence-corrected chi connectivity index (χ1v) is 10.7. The molecule has 150 valence electrons. The first-order valence-electron chi connectivity index (χ1n) is 9.82. The van der Waals surface area contributed by atoms with Gasteiger partial charge in [0.05, 0.1) is 17.0 Å². The second kappa shape index (κ2) is 8.61. The van der Waals surface area contributed by atoms with Crippen LogP contribution in [0.3, 0.4) is 0 Å². The van der Waals surface area contributed by atoms with E-state index in [2.05, 4.69) is 17.4 Å². The van der Waals surface area contributed by atoms with Gasteiger partial charge in [-0.2, -0.15) is 5.10 Å². The van der Waals surface area contributed by atoms with Crippen molar-refractivity contribution in [2.24, 2.45) is 5.92 Å². The van der Waals surface area contributed by atoms with Gasteiger partial charge in [-0.15, -0.1) is 11.3 Å². The number of nitrogens with zero attached hydrogens (tertiary/aromatic N) is 3. The van der Waals surface area contributed by atoms with Gasteiger partial charge in [0.25, 0.3) is 5.91 Å². The maximum Gasteiger partial charge on any atom is 0.257 e. The number of thiophene rings is 1. The Hall–Kier alpha value is -2.93. The fourth-order valence-electron chi connectivity index (χ4n) is 3.74. The van der Waals surface area contributed by atoms with Gasteiger partial charge in [-0.3, -0.25) is 14.3 Å². The minimum Gasteiger partial charge on any atom is -0.359 e. The molecule has 7 heteroatoms. The second-order valence-electron chi connectivity index (χ2n) is 7.23. The Bertz CT molecular complexity index is 974. The van der Waals surface area contributed by atoms with E-state index in [0.717, 1.165) is 16.1 Å². The van der Waals surface area contributed by atoms with Crippen LogP contribution in [0.4, 0.5) is 0 Å². The molecule has 4 rings (SSSR count). The number of benzene rings is 1. The third-order valence-corrected chi connectivity index (χ3v) is 6.21. The summed E-state index contributed by atoms with van der Waals surface area (Å²) in [6, 6.07) is 14.1. The molecule has 29 heavy (non-hydrogen) atoms. The van der Waals surface area contributed by atoms with Crippen LogP contribution < -0.4 is 5.32 Å². The summed E-state index contributed by atoms with van der Waals surface area (Å²) in [5.41, 5.74) is 2.49. The van der Waals surface area contributed by atoms with E-state index in [1.165, 1.54) is 0 Å². The van der Waals surface area contributed by atoms with Crippen molar-refractivity contribution in [1.29, 1.82) is 0 Å². The summed E-state index contributed by atoms with van der Waals surface area (Å²) in [6.07, 6.45) is 3.24. The van der Waals surface area contributed by atoms with E-state index in [0.29, 0.717) is 38.0 Å². The molecule has 1 aliphatic rings. The van der Waals surface area contributed by atoms with Gasteiger partial charge >= 0.3 is 0 Å². The smallest absolute Gasteiger partial charge is 0.257 e. The van der Waals surface area contributed by atoms with Crippen molar-refractivity contribution >= 4 is 23.2 Å². The van der Waals surface area contributed by atoms with Gasteiger partial charge in [0.1, 0.15) is 5.69 Å². The zero-order valence-electron chi connectivity index (χ0n) is 16.4. The van der Waals surface area contributed by atoms with Crippen LogP contribution >= 0.6 is 11.3 Å². The first kappa shape index (κ1) is 19.4. The van der Waals surface area contributed by atoms with Crippen molar-refractivity contribution < 1.29 is 9.59 Å². The zero-order chi connectivity index (χ0) is 20.2. The Balaban J connectivity index is 1.57. The molecular weight excluding hydrogens is 384 g/mol. The van der Waals surface area contributed by atoms with Crippen molar-refractivity contribution in [3.8, 4) is 10.6 Å². The first-order chi connectivity index (χ1) is 14.2. The highest BCUT2D eigenvalue weighted by atomic mass is 32.1. The molecule has 0 radical (unpaired) electrons. The summed E-state index contributed by atoms with van der Waals surface area (Å²) in [4.78, 5) is 28.0. The van der Waals surface area contributed by atoms with Crippen molar-refractivity contribution in [3.63, 3.8) is 0 Å². The molecule has 6 nitrogen and oxygen atoms in total. The highest BCUT2D eigenvalue weighted by Gasteiger charge is 2.29. The lowest BCUT2D eigenvalue weighted by Crippen LogP contribution is -2.42. The Labute approximate surface area is 174 Å². The van der Waals surface area contributed by atoms with Crippen LogP contribution in [0, 0.1) is 5.92 Å². The van der Waals surface area contributed by atoms with Crippen LogP contribution in [0.5, 0.6) is 0 Å².